The highest BCUT2D eigenvalue weighted by Gasteiger charge is 2.22. The first kappa shape index (κ1) is 21.1. The summed E-state index contributed by atoms with van der Waals surface area (Å²) in [6.07, 6.45) is 6.51. The zero-order chi connectivity index (χ0) is 24.2. The summed E-state index contributed by atoms with van der Waals surface area (Å²) in [7, 11) is 6.15. The summed E-state index contributed by atoms with van der Waals surface area (Å²) in [6.45, 7) is 0. The number of hydrogen-bond donors (Lipinski definition) is 0. The van der Waals surface area contributed by atoms with E-state index in [1.807, 2.05) is 30.3 Å². The van der Waals surface area contributed by atoms with Crippen LogP contribution in [0.2, 0.25) is 0 Å². The molecule has 7 rings (SSSR count). The smallest absolute Gasteiger partial charge is 0.123 e. The molecule has 0 spiro atoms. The summed E-state index contributed by atoms with van der Waals surface area (Å²) in [5.41, 5.74) is 8.05. The number of rotatable bonds is 2. The van der Waals surface area contributed by atoms with Crippen molar-refractivity contribution in [2.45, 2.75) is 12.8 Å². The Bertz CT molecular complexity index is 1850. The van der Waals surface area contributed by atoms with Crippen LogP contribution >= 0.6 is 0 Å². The molecule has 1 aliphatic carbocycles. The first-order valence-electron chi connectivity index (χ1n) is 12.3. The second-order valence-electron chi connectivity index (χ2n) is 9.42. The van der Waals surface area contributed by atoms with E-state index in [2.05, 4.69) is 60.7 Å². The van der Waals surface area contributed by atoms with Crippen molar-refractivity contribution in [2.75, 3.05) is 0 Å². The van der Waals surface area contributed by atoms with Crippen LogP contribution in [0.3, 0.4) is 0 Å². The Kier molecular flexibility index (Phi) is 4.78. The summed E-state index contributed by atoms with van der Waals surface area (Å²) in [4.78, 5) is 5.33. The molecule has 0 saturated heterocycles. The lowest BCUT2D eigenvalue weighted by Gasteiger charge is -2.22. The lowest BCUT2D eigenvalue weighted by Crippen LogP contribution is -2.02. The van der Waals surface area contributed by atoms with E-state index in [0.717, 1.165) is 51.5 Å². The standard InChI is InChI=1S/C33H21BFN/c34-22-8-5-7-21(19-22)24-13-6-14-29-30-27-11-3-1-9-25(27)26-10-2-4-12-28(26)31(30)32(36-33(24)29)20-15-17-23(35)18-16-20/h1,3-9,11-19H,2,10H2. The Morgan fingerprint density at radius 3 is 2.33 bits per heavy atom. The number of allylic oxidation sites excluding steroid dienone is 1. The summed E-state index contributed by atoms with van der Waals surface area (Å²) in [5.74, 6) is -0.253. The number of pyridine rings is 1. The Labute approximate surface area is 210 Å². The molecule has 3 heteroatoms. The molecule has 0 fully saturated rings. The van der Waals surface area contributed by atoms with Crippen molar-refractivity contribution in [1.82, 2.24) is 4.98 Å². The largest absolute Gasteiger partial charge is 0.246 e. The van der Waals surface area contributed by atoms with Crippen LogP contribution < -0.4 is 5.46 Å². The van der Waals surface area contributed by atoms with E-state index >= 15 is 0 Å². The Balaban J connectivity index is 1.74. The van der Waals surface area contributed by atoms with Gasteiger partial charge in [0.2, 0.25) is 0 Å². The molecule has 1 nitrogen and oxygen atoms in total. The minimum atomic E-state index is -0.253. The number of halogens is 1. The van der Waals surface area contributed by atoms with Gasteiger partial charge < -0.3 is 0 Å². The van der Waals surface area contributed by atoms with Crippen LogP contribution in [0.4, 0.5) is 4.39 Å². The zero-order valence-corrected chi connectivity index (χ0v) is 19.6. The first-order chi connectivity index (χ1) is 17.7. The minimum absolute atomic E-state index is 0.253. The van der Waals surface area contributed by atoms with E-state index in [1.165, 1.54) is 39.4 Å². The van der Waals surface area contributed by atoms with Crippen LogP contribution in [-0.2, 0) is 6.42 Å². The van der Waals surface area contributed by atoms with Crippen molar-refractivity contribution in [2.24, 2.45) is 0 Å². The number of para-hydroxylation sites is 1. The van der Waals surface area contributed by atoms with E-state index in [9.17, 15) is 4.39 Å². The molecule has 0 aliphatic heterocycles. The Morgan fingerprint density at radius 1 is 0.722 bits per heavy atom. The molecule has 0 N–H and O–H groups in total. The second-order valence-corrected chi connectivity index (χ2v) is 9.42. The third-order valence-electron chi connectivity index (χ3n) is 7.29. The average molecular weight is 461 g/mol. The van der Waals surface area contributed by atoms with E-state index < -0.39 is 0 Å². The molecular formula is C33H21BFN. The van der Waals surface area contributed by atoms with Gasteiger partial charge in [0.1, 0.15) is 13.7 Å². The fourth-order valence-electron chi connectivity index (χ4n) is 5.73. The number of hydrogen-bond acceptors (Lipinski definition) is 1. The molecule has 5 aromatic carbocycles. The third-order valence-corrected chi connectivity index (χ3v) is 7.29. The number of benzene rings is 5. The molecule has 1 heterocycles. The van der Waals surface area contributed by atoms with Crippen molar-refractivity contribution >= 4 is 51.8 Å². The second kappa shape index (κ2) is 8.17. The van der Waals surface area contributed by atoms with Gasteiger partial charge in [-0.05, 0) is 64.6 Å². The number of nitrogens with zero attached hydrogens (tertiary/aromatic N) is 1. The molecule has 0 amide bonds. The summed E-state index contributed by atoms with van der Waals surface area (Å²) < 4.78 is 13.9. The molecule has 1 aliphatic rings. The van der Waals surface area contributed by atoms with Gasteiger partial charge in [-0.2, -0.15) is 0 Å². The summed E-state index contributed by atoms with van der Waals surface area (Å²) >= 11 is 0. The highest BCUT2D eigenvalue weighted by Crippen LogP contribution is 2.44. The van der Waals surface area contributed by atoms with Crippen LogP contribution in [0.5, 0.6) is 0 Å². The van der Waals surface area contributed by atoms with Crippen molar-refractivity contribution in [3.63, 3.8) is 0 Å². The van der Waals surface area contributed by atoms with Crippen molar-refractivity contribution in [3.8, 4) is 22.4 Å². The molecule has 0 saturated carbocycles. The minimum Gasteiger partial charge on any atom is -0.246 e. The lowest BCUT2D eigenvalue weighted by atomic mass is 9.83. The van der Waals surface area contributed by atoms with Crippen LogP contribution in [0.25, 0.3) is 60.9 Å². The van der Waals surface area contributed by atoms with Gasteiger partial charge in [-0.3, -0.25) is 0 Å². The van der Waals surface area contributed by atoms with Gasteiger partial charge in [0.25, 0.3) is 0 Å². The van der Waals surface area contributed by atoms with Gasteiger partial charge in [0.15, 0.2) is 0 Å². The Hall–Kier alpha value is -4.24. The molecule has 36 heavy (non-hydrogen) atoms. The molecule has 0 unspecified atom stereocenters. The van der Waals surface area contributed by atoms with Crippen molar-refractivity contribution in [1.29, 1.82) is 0 Å². The first-order valence-corrected chi connectivity index (χ1v) is 12.3. The molecule has 0 atom stereocenters. The van der Waals surface area contributed by atoms with Crippen LogP contribution in [0.1, 0.15) is 17.5 Å². The van der Waals surface area contributed by atoms with Gasteiger partial charge in [-0.15, -0.1) is 0 Å². The number of aryl methyl sites for hydroxylation is 1. The molecule has 1 aromatic heterocycles. The van der Waals surface area contributed by atoms with Gasteiger partial charge in [0, 0.05) is 27.3 Å². The summed E-state index contributed by atoms with van der Waals surface area (Å²) in [6, 6.07) is 29.7. The highest BCUT2D eigenvalue weighted by molar-refractivity contribution is 6.33. The zero-order valence-electron chi connectivity index (χ0n) is 19.6. The number of fused-ring (bicyclic) bond motifs is 8. The predicted octanol–water partition coefficient (Wildman–Crippen LogP) is 7.77. The molecule has 168 valence electrons. The summed E-state index contributed by atoms with van der Waals surface area (Å²) in [5, 5.41) is 5.93. The predicted molar refractivity (Wildman–Crippen MR) is 150 cm³/mol. The molecule has 2 radical (unpaired) electrons. The fraction of sp³-hybridized carbons (Fsp3) is 0.0606. The van der Waals surface area contributed by atoms with Crippen LogP contribution in [-0.4, -0.2) is 12.8 Å². The fourth-order valence-corrected chi connectivity index (χ4v) is 5.73. The number of aromatic nitrogens is 1. The normalized spacial score (nSPS) is 12.9. The van der Waals surface area contributed by atoms with E-state index in [0.29, 0.717) is 5.46 Å². The van der Waals surface area contributed by atoms with Crippen LogP contribution in [0, 0.1) is 5.82 Å². The maximum atomic E-state index is 13.9. The maximum absolute atomic E-state index is 13.9. The topological polar surface area (TPSA) is 12.9 Å². The van der Waals surface area contributed by atoms with Gasteiger partial charge >= 0.3 is 0 Å². The molecule has 0 bridgehead atoms. The SMILES string of the molecule is [B]c1cccc(-c2cccc3c2nc(-c2ccc(F)cc2)c2c4c(c5ccccc5c23)CCC=C4)c1. The molecular weight excluding hydrogens is 440 g/mol. The van der Waals surface area contributed by atoms with E-state index in [4.69, 9.17) is 12.8 Å². The highest BCUT2D eigenvalue weighted by atomic mass is 19.1. The quantitative estimate of drug-likeness (QED) is 0.190. The van der Waals surface area contributed by atoms with E-state index in [1.54, 1.807) is 0 Å². The van der Waals surface area contributed by atoms with Crippen molar-refractivity contribution < 1.29 is 4.39 Å². The van der Waals surface area contributed by atoms with Crippen LogP contribution in [0.15, 0.2) is 97.1 Å². The van der Waals surface area contributed by atoms with E-state index in [-0.39, 0.29) is 5.82 Å². The Morgan fingerprint density at radius 2 is 1.50 bits per heavy atom. The average Bonchev–Trinajstić information content (AvgIpc) is 2.92. The monoisotopic (exact) mass is 461 g/mol. The van der Waals surface area contributed by atoms with Gasteiger partial charge in [-0.25, -0.2) is 9.37 Å². The van der Waals surface area contributed by atoms with Gasteiger partial charge in [0.05, 0.1) is 11.2 Å². The third kappa shape index (κ3) is 3.20. The lowest BCUT2D eigenvalue weighted by molar-refractivity contribution is 0.628. The molecule has 6 aromatic rings. The van der Waals surface area contributed by atoms with Gasteiger partial charge in [-0.1, -0.05) is 84.3 Å². The van der Waals surface area contributed by atoms with Crippen molar-refractivity contribution in [3.05, 3.63) is 114 Å². The maximum Gasteiger partial charge on any atom is 0.123 e.